The van der Waals surface area contributed by atoms with E-state index in [1.54, 1.807) is 0 Å². The molecule has 0 aromatic heterocycles. The molecule has 2 rings (SSSR count). The first-order valence-electron chi connectivity index (χ1n) is 8.91. The van der Waals surface area contributed by atoms with Crippen molar-refractivity contribution in [1.29, 1.82) is 0 Å². The van der Waals surface area contributed by atoms with Gasteiger partial charge in [0.15, 0.2) is 11.5 Å². The summed E-state index contributed by atoms with van der Waals surface area (Å²) in [6, 6.07) is 5.20. The summed E-state index contributed by atoms with van der Waals surface area (Å²) in [4.78, 5) is 23.8. The van der Waals surface area contributed by atoms with E-state index in [9.17, 15) is 9.59 Å². The Morgan fingerprint density at radius 1 is 1.15 bits per heavy atom. The van der Waals surface area contributed by atoms with Crippen molar-refractivity contribution in [3.63, 3.8) is 0 Å². The number of fused-ring (bicyclic) bond motifs is 1. The highest BCUT2D eigenvalue weighted by atomic mass is 16.6. The molecule has 7 heteroatoms. The van der Waals surface area contributed by atoms with Gasteiger partial charge in [-0.05, 0) is 23.6 Å². The Labute approximate surface area is 154 Å². The summed E-state index contributed by atoms with van der Waals surface area (Å²) in [7, 11) is 0. The van der Waals surface area contributed by atoms with Crippen LogP contribution in [-0.2, 0) is 15.0 Å². The van der Waals surface area contributed by atoms with Crippen LogP contribution in [0.5, 0.6) is 11.5 Å². The zero-order valence-electron chi connectivity index (χ0n) is 15.9. The van der Waals surface area contributed by atoms with Gasteiger partial charge in [0, 0.05) is 12.0 Å². The molecule has 1 heterocycles. The number of hydrogen-bond acceptors (Lipinski definition) is 5. The SMILES string of the molecule is CC(C)[C@H](N)C(=O)NCC(=O)NCC(C)(C)c1ccc2c(c1)OCCO2. The molecule has 4 N–H and O–H groups in total. The van der Waals surface area contributed by atoms with Crippen LogP contribution in [0, 0.1) is 5.92 Å². The van der Waals surface area contributed by atoms with Gasteiger partial charge >= 0.3 is 0 Å². The predicted octanol–water partition coefficient (Wildman–Crippen LogP) is 0.951. The molecular weight excluding hydrogens is 334 g/mol. The number of hydrogen-bond donors (Lipinski definition) is 3. The fraction of sp³-hybridized carbons (Fsp3) is 0.579. The summed E-state index contributed by atoms with van der Waals surface area (Å²) in [6.45, 7) is 9.22. The zero-order chi connectivity index (χ0) is 19.3. The van der Waals surface area contributed by atoms with E-state index in [4.69, 9.17) is 15.2 Å². The van der Waals surface area contributed by atoms with Crippen LogP contribution < -0.4 is 25.8 Å². The average Bonchev–Trinajstić information content (AvgIpc) is 2.63. The van der Waals surface area contributed by atoms with Gasteiger partial charge in [-0.25, -0.2) is 0 Å². The standard InChI is InChI=1S/C19H29N3O4/c1-12(2)17(20)18(24)21-10-16(23)22-11-19(3,4)13-5-6-14-15(9-13)26-8-7-25-14/h5-6,9,12,17H,7-8,10-11,20H2,1-4H3,(H,21,24)(H,22,23)/t17-/m0/s1. The Kier molecular flexibility index (Phi) is 6.47. The number of amides is 2. The third kappa shape index (κ3) is 5.11. The normalized spacial score (nSPS) is 14.7. The molecule has 1 aromatic carbocycles. The molecular formula is C19H29N3O4. The van der Waals surface area contributed by atoms with E-state index >= 15 is 0 Å². The Morgan fingerprint density at radius 2 is 1.81 bits per heavy atom. The Hall–Kier alpha value is -2.28. The molecule has 144 valence electrons. The predicted molar refractivity (Wildman–Crippen MR) is 99.3 cm³/mol. The first-order chi connectivity index (χ1) is 12.2. The molecule has 0 unspecified atom stereocenters. The molecule has 7 nitrogen and oxygen atoms in total. The van der Waals surface area contributed by atoms with Crippen LogP contribution >= 0.6 is 0 Å². The van der Waals surface area contributed by atoms with Crippen molar-refractivity contribution < 1.29 is 19.1 Å². The monoisotopic (exact) mass is 363 g/mol. The number of carbonyl (C=O) groups excluding carboxylic acids is 2. The van der Waals surface area contributed by atoms with E-state index in [-0.39, 0.29) is 29.7 Å². The molecule has 1 aliphatic rings. The van der Waals surface area contributed by atoms with Gasteiger partial charge in [0.05, 0.1) is 12.6 Å². The first kappa shape index (κ1) is 20.0. The lowest BCUT2D eigenvalue weighted by molar-refractivity contribution is -0.127. The Bertz CT molecular complexity index is 658. The van der Waals surface area contributed by atoms with E-state index < -0.39 is 6.04 Å². The van der Waals surface area contributed by atoms with Crippen molar-refractivity contribution in [3.8, 4) is 11.5 Å². The molecule has 0 aliphatic carbocycles. The summed E-state index contributed by atoms with van der Waals surface area (Å²) in [6.07, 6.45) is 0. The highest BCUT2D eigenvalue weighted by molar-refractivity contribution is 5.87. The minimum absolute atomic E-state index is 0.0206. The maximum atomic E-state index is 12.0. The molecule has 0 saturated heterocycles. The van der Waals surface area contributed by atoms with Crippen molar-refractivity contribution >= 4 is 11.8 Å². The van der Waals surface area contributed by atoms with Gasteiger partial charge in [-0.15, -0.1) is 0 Å². The van der Waals surface area contributed by atoms with Gasteiger partial charge in [-0.2, -0.15) is 0 Å². The van der Waals surface area contributed by atoms with Crippen molar-refractivity contribution in [2.75, 3.05) is 26.3 Å². The minimum Gasteiger partial charge on any atom is -0.486 e. The molecule has 0 saturated carbocycles. The molecule has 1 aromatic rings. The molecule has 1 aliphatic heterocycles. The maximum absolute atomic E-state index is 12.0. The lowest BCUT2D eigenvalue weighted by atomic mass is 9.84. The second-order valence-electron chi connectivity index (χ2n) is 7.51. The van der Waals surface area contributed by atoms with Gasteiger partial charge in [0.1, 0.15) is 13.2 Å². The van der Waals surface area contributed by atoms with Gasteiger partial charge in [-0.1, -0.05) is 33.8 Å². The van der Waals surface area contributed by atoms with E-state index in [1.165, 1.54) is 0 Å². The van der Waals surface area contributed by atoms with E-state index in [1.807, 2.05) is 45.9 Å². The molecule has 2 amide bonds. The number of ether oxygens (including phenoxy) is 2. The van der Waals surface area contributed by atoms with Gasteiger partial charge in [-0.3, -0.25) is 9.59 Å². The average molecular weight is 363 g/mol. The largest absolute Gasteiger partial charge is 0.486 e. The van der Waals surface area contributed by atoms with Crippen LogP contribution in [0.3, 0.4) is 0 Å². The van der Waals surface area contributed by atoms with Crippen LogP contribution in [0.15, 0.2) is 18.2 Å². The first-order valence-corrected chi connectivity index (χ1v) is 8.91. The fourth-order valence-electron chi connectivity index (χ4n) is 2.54. The summed E-state index contributed by atoms with van der Waals surface area (Å²) in [5.74, 6) is 0.917. The Balaban J connectivity index is 1.87. The number of benzene rings is 1. The molecule has 26 heavy (non-hydrogen) atoms. The second kappa shape index (κ2) is 8.40. The Morgan fingerprint density at radius 3 is 2.46 bits per heavy atom. The number of rotatable bonds is 7. The lowest BCUT2D eigenvalue weighted by Crippen LogP contribution is -2.48. The molecule has 1 atom stereocenters. The lowest BCUT2D eigenvalue weighted by Gasteiger charge is -2.28. The summed E-state index contributed by atoms with van der Waals surface area (Å²) < 4.78 is 11.2. The van der Waals surface area contributed by atoms with Gasteiger partial charge in [0.25, 0.3) is 0 Å². The highest BCUT2D eigenvalue weighted by Gasteiger charge is 2.24. The summed E-state index contributed by atoms with van der Waals surface area (Å²) >= 11 is 0. The third-order valence-corrected chi connectivity index (χ3v) is 4.50. The van der Waals surface area contributed by atoms with Crippen LogP contribution in [0.2, 0.25) is 0 Å². The summed E-state index contributed by atoms with van der Waals surface area (Å²) in [5, 5.41) is 5.43. The molecule has 0 fully saturated rings. The van der Waals surface area contributed by atoms with Crippen molar-refractivity contribution in [3.05, 3.63) is 23.8 Å². The van der Waals surface area contributed by atoms with E-state index in [2.05, 4.69) is 10.6 Å². The highest BCUT2D eigenvalue weighted by Crippen LogP contribution is 2.34. The van der Waals surface area contributed by atoms with Crippen LogP contribution in [0.4, 0.5) is 0 Å². The minimum atomic E-state index is -0.614. The van der Waals surface area contributed by atoms with Crippen LogP contribution in [-0.4, -0.2) is 44.2 Å². The zero-order valence-corrected chi connectivity index (χ0v) is 15.9. The number of nitrogens with two attached hydrogens (primary N) is 1. The smallest absolute Gasteiger partial charge is 0.239 e. The third-order valence-electron chi connectivity index (χ3n) is 4.50. The quantitative estimate of drug-likeness (QED) is 0.669. The molecule has 0 spiro atoms. The van der Waals surface area contributed by atoms with Gasteiger partial charge < -0.3 is 25.8 Å². The fourth-order valence-corrected chi connectivity index (χ4v) is 2.54. The number of carbonyl (C=O) groups is 2. The number of nitrogens with one attached hydrogen (secondary N) is 2. The molecule has 0 bridgehead atoms. The van der Waals surface area contributed by atoms with Crippen molar-refractivity contribution in [2.45, 2.75) is 39.2 Å². The van der Waals surface area contributed by atoms with Gasteiger partial charge in [0.2, 0.25) is 11.8 Å². The van der Waals surface area contributed by atoms with Crippen LogP contribution in [0.1, 0.15) is 33.3 Å². The van der Waals surface area contributed by atoms with Crippen LogP contribution in [0.25, 0.3) is 0 Å². The van der Waals surface area contributed by atoms with E-state index in [0.717, 1.165) is 17.1 Å². The topological polar surface area (TPSA) is 103 Å². The molecule has 0 radical (unpaired) electrons. The second-order valence-corrected chi connectivity index (χ2v) is 7.51. The maximum Gasteiger partial charge on any atom is 0.239 e. The van der Waals surface area contributed by atoms with Crippen molar-refractivity contribution in [1.82, 2.24) is 10.6 Å². The summed E-state index contributed by atoms with van der Waals surface area (Å²) in [5.41, 5.74) is 6.49. The van der Waals surface area contributed by atoms with E-state index in [0.29, 0.717) is 19.8 Å². The van der Waals surface area contributed by atoms with Crippen molar-refractivity contribution in [2.24, 2.45) is 11.7 Å².